The van der Waals surface area contributed by atoms with Gasteiger partial charge in [-0.15, -0.1) is 0 Å². The molecule has 0 fully saturated rings. The van der Waals surface area contributed by atoms with Gasteiger partial charge in [0, 0.05) is 13.1 Å². The van der Waals surface area contributed by atoms with Gasteiger partial charge in [-0.2, -0.15) is 0 Å². The Balaban J connectivity index is 2.30. The molecule has 3 N–H and O–H groups in total. The highest BCUT2D eigenvalue weighted by Gasteiger charge is 2.23. The summed E-state index contributed by atoms with van der Waals surface area (Å²) in [5.74, 6) is 0. The summed E-state index contributed by atoms with van der Waals surface area (Å²) in [6.07, 6.45) is 10.3. The summed E-state index contributed by atoms with van der Waals surface area (Å²) in [6.45, 7) is 3.44. The number of hydrogen-bond acceptors (Lipinski definition) is 4. The molecule has 1 aromatic rings. The molecule has 0 radical (unpaired) electrons. The first kappa shape index (κ1) is 21.8. The Morgan fingerprint density at radius 3 is 2.28 bits per heavy atom. The molecule has 4 nitrogen and oxygen atoms in total. The summed E-state index contributed by atoms with van der Waals surface area (Å²) in [6, 6.07) is 8.82. The number of carbonyl (C=O) groups is 1. The molecule has 1 rings (SSSR count). The maximum atomic E-state index is 10.9. The van der Waals surface area contributed by atoms with E-state index in [1.807, 2.05) is 7.05 Å². The highest BCUT2D eigenvalue weighted by molar-refractivity contribution is 5.63. The van der Waals surface area contributed by atoms with Crippen LogP contribution < -0.4 is 5.73 Å². The number of nitrogens with zero attached hydrogens (tertiary/aromatic N) is 1. The molecule has 0 bridgehead atoms. The molecule has 0 aliphatic heterocycles. The van der Waals surface area contributed by atoms with Gasteiger partial charge in [-0.1, -0.05) is 63.3 Å². The van der Waals surface area contributed by atoms with Gasteiger partial charge in [0.25, 0.3) is 0 Å². The Bertz CT molecular complexity index is 475. The van der Waals surface area contributed by atoms with Gasteiger partial charge >= 0.3 is 0 Å². The largest absolute Gasteiger partial charge is 0.394 e. The van der Waals surface area contributed by atoms with Crippen LogP contribution in [-0.2, 0) is 17.8 Å². The normalized spacial score (nSPS) is 13.8. The first-order chi connectivity index (χ1) is 12.0. The van der Waals surface area contributed by atoms with Crippen LogP contribution >= 0.6 is 0 Å². The van der Waals surface area contributed by atoms with Crippen molar-refractivity contribution in [2.45, 2.75) is 70.4 Å². The maximum Gasteiger partial charge on any atom is 0.142 e. The van der Waals surface area contributed by atoms with Gasteiger partial charge in [0.1, 0.15) is 6.29 Å². The van der Waals surface area contributed by atoms with Crippen molar-refractivity contribution in [3.63, 3.8) is 0 Å². The Hall–Kier alpha value is -1.23. The number of carbonyl (C=O) groups excluding carboxylic acids is 1. The van der Waals surface area contributed by atoms with E-state index in [9.17, 15) is 9.90 Å². The minimum atomic E-state index is -1.12. The molecular weight excluding hydrogens is 312 g/mol. The van der Waals surface area contributed by atoms with Crippen molar-refractivity contribution in [3.8, 4) is 0 Å². The van der Waals surface area contributed by atoms with Gasteiger partial charge < -0.3 is 20.5 Å². The summed E-state index contributed by atoms with van der Waals surface area (Å²) in [5.41, 5.74) is 7.35. The molecule has 0 saturated heterocycles. The molecule has 0 spiro atoms. The molecule has 1 atom stereocenters. The number of hydrogen-bond donors (Lipinski definition) is 2. The molecule has 0 aliphatic rings. The number of benzene rings is 1. The number of rotatable bonds is 14. The first-order valence-corrected chi connectivity index (χ1v) is 9.65. The zero-order valence-electron chi connectivity index (χ0n) is 16.0. The number of unbranched alkanes of at least 4 members (excludes halogenated alkanes) is 5. The molecule has 4 heteroatoms. The monoisotopic (exact) mass is 348 g/mol. The van der Waals surface area contributed by atoms with Gasteiger partial charge in [0.15, 0.2) is 0 Å². The van der Waals surface area contributed by atoms with E-state index in [1.54, 1.807) is 0 Å². The quantitative estimate of drug-likeness (QED) is 0.400. The van der Waals surface area contributed by atoms with E-state index in [1.165, 1.54) is 49.7 Å². The second-order valence-electron chi connectivity index (χ2n) is 7.33. The van der Waals surface area contributed by atoms with E-state index in [2.05, 4.69) is 36.1 Å². The van der Waals surface area contributed by atoms with Crippen molar-refractivity contribution in [1.82, 2.24) is 4.90 Å². The van der Waals surface area contributed by atoms with Crippen LogP contribution in [0.5, 0.6) is 0 Å². The summed E-state index contributed by atoms with van der Waals surface area (Å²) in [4.78, 5) is 13.1. The van der Waals surface area contributed by atoms with Gasteiger partial charge in [0.05, 0.1) is 12.1 Å². The maximum absolute atomic E-state index is 10.9. The Kier molecular flexibility index (Phi) is 10.6. The number of nitrogens with two attached hydrogens (primary N) is 1. The number of aliphatic hydroxyl groups is 1. The van der Waals surface area contributed by atoms with Crippen molar-refractivity contribution in [2.75, 3.05) is 20.2 Å². The highest BCUT2D eigenvalue weighted by Crippen LogP contribution is 2.13. The molecular formula is C21H36N2O2. The van der Waals surface area contributed by atoms with Gasteiger partial charge in [-0.05, 0) is 37.4 Å². The van der Waals surface area contributed by atoms with E-state index in [0.717, 1.165) is 13.0 Å². The Morgan fingerprint density at radius 1 is 1.08 bits per heavy atom. The van der Waals surface area contributed by atoms with Crippen LogP contribution in [0.15, 0.2) is 24.3 Å². The Morgan fingerprint density at radius 2 is 1.68 bits per heavy atom. The van der Waals surface area contributed by atoms with Crippen LogP contribution in [0.4, 0.5) is 0 Å². The van der Waals surface area contributed by atoms with Crippen molar-refractivity contribution in [3.05, 3.63) is 35.4 Å². The Labute approximate surface area is 153 Å². The SMILES string of the molecule is CCCCCCCCc1ccc(CN(C)CCC(N)(C=O)CO)cc1. The number of aliphatic hydroxyl groups excluding tert-OH is 1. The van der Waals surface area contributed by atoms with E-state index in [-0.39, 0.29) is 6.61 Å². The topological polar surface area (TPSA) is 66.6 Å². The first-order valence-electron chi connectivity index (χ1n) is 9.65. The summed E-state index contributed by atoms with van der Waals surface area (Å²) in [5, 5.41) is 9.17. The van der Waals surface area contributed by atoms with E-state index in [0.29, 0.717) is 19.3 Å². The van der Waals surface area contributed by atoms with Crippen LogP contribution in [0.1, 0.15) is 63.0 Å². The van der Waals surface area contributed by atoms with Gasteiger partial charge in [-0.3, -0.25) is 0 Å². The van der Waals surface area contributed by atoms with E-state index >= 15 is 0 Å². The summed E-state index contributed by atoms with van der Waals surface area (Å²) in [7, 11) is 2.01. The number of aryl methyl sites for hydroxylation is 1. The van der Waals surface area contributed by atoms with Crippen molar-refractivity contribution < 1.29 is 9.90 Å². The predicted molar refractivity (Wildman–Crippen MR) is 105 cm³/mol. The lowest BCUT2D eigenvalue weighted by atomic mass is 9.99. The van der Waals surface area contributed by atoms with Gasteiger partial charge in [-0.25, -0.2) is 0 Å². The molecule has 0 aromatic heterocycles. The van der Waals surface area contributed by atoms with Gasteiger partial charge in [0.2, 0.25) is 0 Å². The fourth-order valence-corrected chi connectivity index (χ4v) is 2.89. The third kappa shape index (κ3) is 9.15. The molecule has 1 aromatic carbocycles. The average Bonchev–Trinajstić information content (AvgIpc) is 2.64. The molecule has 0 aliphatic carbocycles. The van der Waals surface area contributed by atoms with Crippen LogP contribution in [-0.4, -0.2) is 42.0 Å². The van der Waals surface area contributed by atoms with Crippen molar-refractivity contribution >= 4 is 6.29 Å². The lowest BCUT2D eigenvalue weighted by molar-refractivity contribution is -0.113. The van der Waals surface area contributed by atoms with Crippen LogP contribution in [0.25, 0.3) is 0 Å². The second kappa shape index (κ2) is 12.2. The predicted octanol–water partition coefficient (Wildman–Crippen LogP) is 3.30. The van der Waals surface area contributed by atoms with Crippen LogP contribution in [0, 0.1) is 0 Å². The van der Waals surface area contributed by atoms with E-state index < -0.39 is 5.54 Å². The molecule has 0 amide bonds. The summed E-state index contributed by atoms with van der Waals surface area (Å²) >= 11 is 0. The zero-order chi connectivity index (χ0) is 18.5. The third-order valence-electron chi connectivity index (χ3n) is 4.78. The third-order valence-corrected chi connectivity index (χ3v) is 4.78. The lowest BCUT2D eigenvalue weighted by Gasteiger charge is -2.24. The molecule has 25 heavy (non-hydrogen) atoms. The number of aldehydes is 1. The average molecular weight is 349 g/mol. The van der Waals surface area contributed by atoms with Crippen LogP contribution in [0.3, 0.4) is 0 Å². The minimum Gasteiger partial charge on any atom is -0.394 e. The van der Waals surface area contributed by atoms with Crippen molar-refractivity contribution in [1.29, 1.82) is 0 Å². The molecule has 0 heterocycles. The minimum absolute atomic E-state index is 0.308. The fourth-order valence-electron chi connectivity index (χ4n) is 2.89. The molecule has 0 saturated carbocycles. The summed E-state index contributed by atoms with van der Waals surface area (Å²) < 4.78 is 0. The second-order valence-corrected chi connectivity index (χ2v) is 7.33. The van der Waals surface area contributed by atoms with E-state index in [4.69, 9.17) is 5.73 Å². The van der Waals surface area contributed by atoms with Crippen LogP contribution in [0.2, 0.25) is 0 Å². The lowest BCUT2D eigenvalue weighted by Crippen LogP contribution is -2.47. The molecule has 1 unspecified atom stereocenters. The zero-order valence-corrected chi connectivity index (χ0v) is 16.0. The van der Waals surface area contributed by atoms with Crippen molar-refractivity contribution in [2.24, 2.45) is 5.73 Å². The molecule has 142 valence electrons. The highest BCUT2D eigenvalue weighted by atomic mass is 16.3. The standard InChI is InChI=1S/C21H36N2O2/c1-3-4-5-6-7-8-9-19-10-12-20(13-11-19)16-23(2)15-14-21(22,17-24)18-25/h10-13,17,25H,3-9,14-16,18,22H2,1-2H3. The fraction of sp³-hybridized carbons (Fsp3) is 0.667. The smallest absolute Gasteiger partial charge is 0.142 e.